The molecule has 0 fully saturated rings. The Hall–Kier alpha value is -3.04. The number of benzene rings is 1. The van der Waals surface area contributed by atoms with Gasteiger partial charge >= 0.3 is 6.03 Å². The second kappa shape index (κ2) is 10.2. The highest BCUT2D eigenvalue weighted by Crippen LogP contribution is 2.19. The number of anilines is 2. The van der Waals surface area contributed by atoms with Gasteiger partial charge in [-0.3, -0.25) is 15.1 Å². The number of methoxy groups -OCH3 is 1. The van der Waals surface area contributed by atoms with E-state index in [9.17, 15) is 9.59 Å². The quantitative estimate of drug-likeness (QED) is 0.649. The van der Waals surface area contributed by atoms with Crippen LogP contribution in [0.25, 0.3) is 0 Å². The third-order valence-electron chi connectivity index (χ3n) is 3.56. The highest BCUT2D eigenvalue weighted by atomic mass is 16.5. The topological polar surface area (TPSA) is 108 Å². The first-order chi connectivity index (χ1) is 13.0. The maximum absolute atomic E-state index is 12.3. The van der Waals surface area contributed by atoms with Gasteiger partial charge in [0.15, 0.2) is 5.82 Å². The standard InChI is InChI=1S/C18H24N6O3/c1-24(2)9-8-21-17(25)13-4-5-15(14(10-13)12-27-3)22-18(26)23-16-11-19-6-7-20-16/h4-7,10-11H,8-9,12H2,1-3H3,(H,21,25)(H2,20,22,23,26). The van der Waals surface area contributed by atoms with Crippen LogP contribution in [-0.4, -0.2) is 61.1 Å². The Balaban J connectivity index is 2.05. The van der Waals surface area contributed by atoms with Crippen LogP contribution in [0, 0.1) is 0 Å². The fraction of sp³-hybridized carbons (Fsp3) is 0.333. The predicted octanol–water partition coefficient (Wildman–Crippen LogP) is 1.56. The molecule has 2 aromatic rings. The van der Waals surface area contributed by atoms with Crippen LogP contribution in [0.5, 0.6) is 0 Å². The Labute approximate surface area is 158 Å². The van der Waals surface area contributed by atoms with Crippen molar-refractivity contribution in [3.05, 3.63) is 47.9 Å². The Morgan fingerprint density at radius 3 is 2.67 bits per heavy atom. The fourth-order valence-corrected chi connectivity index (χ4v) is 2.26. The molecule has 27 heavy (non-hydrogen) atoms. The van der Waals surface area contributed by atoms with Gasteiger partial charge in [-0.2, -0.15) is 0 Å². The number of likely N-dealkylation sites (N-methyl/N-ethyl adjacent to an activating group) is 1. The van der Waals surface area contributed by atoms with Crippen molar-refractivity contribution in [1.29, 1.82) is 0 Å². The number of nitrogens with one attached hydrogen (secondary N) is 3. The molecule has 1 aromatic heterocycles. The van der Waals surface area contributed by atoms with Crippen molar-refractivity contribution in [1.82, 2.24) is 20.2 Å². The van der Waals surface area contributed by atoms with Gasteiger partial charge in [-0.1, -0.05) is 0 Å². The predicted molar refractivity (Wildman–Crippen MR) is 103 cm³/mol. The summed E-state index contributed by atoms with van der Waals surface area (Å²) < 4.78 is 5.18. The Morgan fingerprint density at radius 1 is 1.19 bits per heavy atom. The van der Waals surface area contributed by atoms with Crippen molar-refractivity contribution >= 4 is 23.4 Å². The zero-order chi connectivity index (χ0) is 19.6. The molecule has 0 bridgehead atoms. The van der Waals surface area contributed by atoms with E-state index < -0.39 is 6.03 Å². The number of nitrogens with zero attached hydrogens (tertiary/aromatic N) is 3. The largest absolute Gasteiger partial charge is 0.380 e. The van der Waals surface area contributed by atoms with Crippen LogP contribution >= 0.6 is 0 Å². The number of aromatic nitrogens is 2. The summed E-state index contributed by atoms with van der Waals surface area (Å²) in [6.45, 7) is 1.55. The van der Waals surface area contributed by atoms with Crippen LogP contribution in [0.3, 0.4) is 0 Å². The van der Waals surface area contributed by atoms with Crippen molar-refractivity contribution < 1.29 is 14.3 Å². The van der Waals surface area contributed by atoms with Crippen molar-refractivity contribution in [2.45, 2.75) is 6.61 Å². The molecule has 3 N–H and O–H groups in total. The summed E-state index contributed by atoms with van der Waals surface area (Å²) in [5.41, 5.74) is 1.73. The third kappa shape index (κ3) is 6.65. The molecule has 0 radical (unpaired) electrons. The summed E-state index contributed by atoms with van der Waals surface area (Å²) in [7, 11) is 5.43. The number of ether oxygens (including phenoxy) is 1. The number of urea groups is 1. The molecule has 9 heteroatoms. The van der Waals surface area contributed by atoms with Gasteiger partial charge in [-0.25, -0.2) is 9.78 Å². The summed E-state index contributed by atoms with van der Waals surface area (Å²) in [5.74, 6) is 0.157. The number of carbonyl (C=O) groups excluding carboxylic acids is 2. The van der Waals surface area contributed by atoms with Crippen molar-refractivity contribution in [3.63, 3.8) is 0 Å². The molecule has 2 rings (SSSR count). The third-order valence-corrected chi connectivity index (χ3v) is 3.56. The van der Waals surface area contributed by atoms with Gasteiger partial charge in [-0.15, -0.1) is 0 Å². The molecule has 3 amide bonds. The zero-order valence-corrected chi connectivity index (χ0v) is 15.7. The molecule has 0 saturated heterocycles. The first kappa shape index (κ1) is 20.3. The van der Waals surface area contributed by atoms with Gasteiger partial charge in [0.1, 0.15) is 0 Å². The van der Waals surface area contributed by atoms with Crippen molar-refractivity contribution in [3.8, 4) is 0 Å². The Kier molecular flexibility index (Phi) is 7.65. The van der Waals surface area contributed by atoms with E-state index in [1.165, 1.54) is 18.6 Å². The minimum atomic E-state index is -0.462. The van der Waals surface area contributed by atoms with Gasteiger partial charge in [0.05, 0.1) is 12.8 Å². The lowest BCUT2D eigenvalue weighted by Crippen LogP contribution is -2.31. The number of hydrogen-bond donors (Lipinski definition) is 3. The fourth-order valence-electron chi connectivity index (χ4n) is 2.26. The van der Waals surface area contributed by atoms with E-state index in [0.717, 1.165) is 6.54 Å². The molecule has 0 aliphatic carbocycles. The highest BCUT2D eigenvalue weighted by molar-refractivity contribution is 6.00. The number of amides is 3. The zero-order valence-electron chi connectivity index (χ0n) is 15.7. The maximum Gasteiger partial charge on any atom is 0.324 e. The first-order valence-electron chi connectivity index (χ1n) is 8.38. The Bertz CT molecular complexity index is 767. The van der Waals surface area contributed by atoms with E-state index in [4.69, 9.17) is 4.74 Å². The Morgan fingerprint density at radius 2 is 2.00 bits per heavy atom. The molecule has 0 atom stereocenters. The summed E-state index contributed by atoms with van der Waals surface area (Å²) >= 11 is 0. The van der Waals surface area contributed by atoms with Gasteiger partial charge in [-0.05, 0) is 32.3 Å². The number of hydrogen-bond acceptors (Lipinski definition) is 6. The molecule has 0 unspecified atom stereocenters. The van der Waals surface area contributed by atoms with E-state index in [1.807, 2.05) is 19.0 Å². The summed E-state index contributed by atoms with van der Waals surface area (Å²) in [6, 6.07) is 4.57. The van der Waals surface area contributed by atoms with Crippen LogP contribution < -0.4 is 16.0 Å². The van der Waals surface area contributed by atoms with Crippen LogP contribution in [0.15, 0.2) is 36.8 Å². The van der Waals surface area contributed by atoms with Gasteiger partial charge in [0.25, 0.3) is 5.91 Å². The van der Waals surface area contributed by atoms with Gasteiger partial charge in [0, 0.05) is 49.4 Å². The molecule has 1 aromatic carbocycles. The minimum absolute atomic E-state index is 0.176. The lowest BCUT2D eigenvalue weighted by molar-refractivity contribution is 0.0950. The van der Waals surface area contributed by atoms with E-state index in [0.29, 0.717) is 29.2 Å². The van der Waals surface area contributed by atoms with Crippen LogP contribution in [0.1, 0.15) is 15.9 Å². The summed E-state index contributed by atoms with van der Waals surface area (Å²) in [5, 5.41) is 8.18. The highest BCUT2D eigenvalue weighted by Gasteiger charge is 2.12. The normalized spacial score (nSPS) is 10.5. The molecule has 0 aliphatic rings. The second-order valence-electron chi connectivity index (χ2n) is 6.03. The van der Waals surface area contributed by atoms with E-state index in [2.05, 4.69) is 25.9 Å². The SMILES string of the molecule is COCc1cc(C(=O)NCCN(C)C)ccc1NC(=O)Nc1cnccn1. The lowest BCUT2D eigenvalue weighted by Gasteiger charge is -2.14. The molecule has 9 nitrogen and oxygen atoms in total. The molecular weight excluding hydrogens is 348 g/mol. The van der Waals surface area contributed by atoms with Crippen molar-refractivity contribution in [2.24, 2.45) is 0 Å². The summed E-state index contributed by atoms with van der Waals surface area (Å²) in [4.78, 5) is 34.3. The first-order valence-corrected chi connectivity index (χ1v) is 8.38. The number of carbonyl (C=O) groups is 2. The maximum atomic E-state index is 12.3. The van der Waals surface area contributed by atoms with Crippen LogP contribution in [0.4, 0.5) is 16.3 Å². The lowest BCUT2D eigenvalue weighted by atomic mass is 10.1. The minimum Gasteiger partial charge on any atom is -0.380 e. The number of rotatable bonds is 8. The molecule has 1 heterocycles. The van der Waals surface area contributed by atoms with E-state index >= 15 is 0 Å². The van der Waals surface area contributed by atoms with Crippen LogP contribution in [0.2, 0.25) is 0 Å². The van der Waals surface area contributed by atoms with Crippen molar-refractivity contribution in [2.75, 3.05) is 44.9 Å². The summed E-state index contributed by atoms with van der Waals surface area (Å²) in [6.07, 6.45) is 4.44. The molecule has 0 spiro atoms. The molecule has 0 saturated carbocycles. The molecule has 144 valence electrons. The van der Waals surface area contributed by atoms with Gasteiger partial charge in [0.2, 0.25) is 0 Å². The smallest absolute Gasteiger partial charge is 0.324 e. The van der Waals surface area contributed by atoms with Crippen LogP contribution in [-0.2, 0) is 11.3 Å². The van der Waals surface area contributed by atoms with Gasteiger partial charge < -0.3 is 20.3 Å². The molecular formula is C18H24N6O3. The van der Waals surface area contributed by atoms with E-state index in [-0.39, 0.29) is 12.5 Å². The average molecular weight is 372 g/mol. The average Bonchev–Trinajstić information content (AvgIpc) is 2.63. The second-order valence-corrected chi connectivity index (χ2v) is 6.03. The van der Waals surface area contributed by atoms with E-state index in [1.54, 1.807) is 25.3 Å². The molecule has 0 aliphatic heterocycles. The monoisotopic (exact) mass is 372 g/mol.